The van der Waals surface area contributed by atoms with Gasteiger partial charge in [-0.1, -0.05) is 11.6 Å². The SMILES string of the molecule is COc1ccc2[nH]c(=S)n(-c3ccc(I)cc3Cl)c2n1. The van der Waals surface area contributed by atoms with E-state index < -0.39 is 0 Å². The lowest BCUT2D eigenvalue weighted by Gasteiger charge is -2.07. The highest BCUT2D eigenvalue weighted by molar-refractivity contribution is 14.1. The van der Waals surface area contributed by atoms with Crippen LogP contribution >= 0.6 is 46.4 Å². The van der Waals surface area contributed by atoms with Crippen LogP contribution in [0.1, 0.15) is 0 Å². The molecule has 0 radical (unpaired) electrons. The van der Waals surface area contributed by atoms with Crippen molar-refractivity contribution in [1.82, 2.24) is 14.5 Å². The highest BCUT2D eigenvalue weighted by Crippen LogP contribution is 2.27. The molecule has 0 saturated heterocycles. The predicted octanol–water partition coefficient (Wildman–Crippen LogP) is 4.35. The first-order chi connectivity index (χ1) is 9.60. The largest absolute Gasteiger partial charge is 0.481 e. The van der Waals surface area contributed by atoms with Crippen LogP contribution in [0.2, 0.25) is 5.02 Å². The van der Waals surface area contributed by atoms with Crippen LogP contribution in [0.15, 0.2) is 30.3 Å². The Hall–Kier alpha value is -1.12. The number of nitrogens with one attached hydrogen (secondary N) is 1. The van der Waals surface area contributed by atoms with Crippen LogP contribution in [0.4, 0.5) is 0 Å². The molecule has 1 aromatic carbocycles. The molecule has 2 heterocycles. The topological polar surface area (TPSA) is 42.8 Å². The first-order valence-electron chi connectivity index (χ1n) is 5.71. The summed E-state index contributed by atoms with van der Waals surface area (Å²) in [7, 11) is 1.58. The lowest BCUT2D eigenvalue weighted by Crippen LogP contribution is -1.98. The second kappa shape index (κ2) is 5.34. The minimum Gasteiger partial charge on any atom is -0.481 e. The number of aromatic nitrogens is 3. The second-order valence-electron chi connectivity index (χ2n) is 4.09. The van der Waals surface area contributed by atoms with Crippen molar-refractivity contribution in [2.75, 3.05) is 7.11 Å². The van der Waals surface area contributed by atoms with E-state index in [0.29, 0.717) is 21.3 Å². The van der Waals surface area contributed by atoms with Gasteiger partial charge in [0.1, 0.15) is 0 Å². The monoisotopic (exact) mass is 417 g/mol. The van der Waals surface area contributed by atoms with E-state index in [-0.39, 0.29) is 0 Å². The summed E-state index contributed by atoms with van der Waals surface area (Å²) >= 11 is 13.9. The maximum Gasteiger partial charge on any atom is 0.215 e. The summed E-state index contributed by atoms with van der Waals surface area (Å²) in [6, 6.07) is 9.46. The molecular formula is C13H9ClIN3OS. The Morgan fingerprint density at radius 2 is 2.15 bits per heavy atom. The average molecular weight is 418 g/mol. The molecule has 0 atom stereocenters. The minimum absolute atomic E-state index is 0.530. The van der Waals surface area contributed by atoms with Crippen LogP contribution in [-0.4, -0.2) is 21.6 Å². The number of halogens is 2. The highest BCUT2D eigenvalue weighted by atomic mass is 127. The van der Waals surface area contributed by atoms with Gasteiger partial charge in [0.25, 0.3) is 0 Å². The highest BCUT2D eigenvalue weighted by Gasteiger charge is 2.12. The molecular weight excluding hydrogens is 409 g/mol. The Balaban J connectivity index is 2.34. The number of fused-ring (bicyclic) bond motifs is 1. The molecule has 4 nitrogen and oxygen atoms in total. The van der Waals surface area contributed by atoms with Crippen molar-refractivity contribution in [3.05, 3.63) is 43.7 Å². The van der Waals surface area contributed by atoms with Gasteiger partial charge >= 0.3 is 0 Å². The number of benzene rings is 1. The van der Waals surface area contributed by atoms with Gasteiger partial charge in [0.2, 0.25) is 5.88 Å². The van der Waals surface area contributed by atoms with E-state index in [1.807, 2.05) is 28.8 Å². The Morgan fingerprint density at radius 3 is 2.85 bits per heavy atom. The van der Waals surface area contributed by atoms with Gasteiger partial charge in [0.15, 0.2) is 10.4 Å². The molecule has 2 aromatic heterocycles. The molecule has 0 spiro atoms. The van der Waals surface area contributed by atoms with E-state index in [2.05, 4.69) is 32.6 Å². The molecule has 0 aliphatic rings. The standard InChI is InChI=1S/C13H9ClIN3OS/c1-19-11-5-3-9-12(17-11)18(13(20)16-9)10-4-2-7(15)6-8(10)14/h2-6H,1H3,(H,16,20). The fourth-order valence-electron chi connectivity index (χ4n) is 1.97. The molecule has 0 aliphatic heterocycles. The summed E-state index contributed by atoms with van der Waals surface area (Å²) < 4.78 is 8.58. The molecule has 0 fully saturated rings. The zero-order valence-corrected chi connectivity index (χ0v) is 14.1. The van der Waals surface area contributed by atoms with E-state index >= 15 is 0 Å². The molecule has 0 bridgehead atoms. The van der Waals surface area contributed by atoms with Gasteiger partial charge in [-0.2, -0.15) is 4.98 Å². The summed E-state index contributed by atoms with van der Waals surface area (Å²) in [6.45, 7) is 0. The average Bonchev–Trinajstić information content (AvgIpc) is 2.74. The lowest BCUT2D eigenvalue weighted by atomic mass is 10.3. The van der Waals surface area contributed by atoms with Crippen LogP contribution in [-0.2, 0) is 0 Å². The smallest absolute Gasteiger partial charge is 0.215 e. The van der Waals surface area contributed by atoms with Crippen LogP contribution < -0.4 is 4.74 Å². The molecule has 0 saturated carbocycles. The zero-order chi connectivity index (χ0) is 14.3. The summed E-state index contributed by atoms with van der Waals surface area (Å²) in [5.41, 5.74) is 2.33. The van der Waals surface area contributed by atoms with Crippen molar-refractivity contribution < 1.29 is 4.74 Å². The van der Waals surface area contributed by atoms with Gasteiger partial charge in [-0.25, -0.2) is 0 Å². The third-order valence-corrected chi connectivity index (χ3v) is 4.12. The summed E-state index contributed by atoms with van der Waals surface area (Å²) in [6.07, 6.45) is 0. The van der Waals surface area contributed by atoms with E-state index in [1.165, 1.54) is 0 Å². The van der Waals surface area contributed by atoms with Crippen molar-refractivity contribution in [1.29, 1.82) is 0 Å². The molecule has 7 heteroatoms. The van der Waals surface area contributed by atoms with Crippen LogP contribution in [0, 0.1) is 8.34 Å². The van der Waals surface area contributed by atoms with Gasteiger partial charge in [0, 0.05) is 9.64 Å². The fourth-order valence-corrected chi connectivity index (χ4v) is 3.20. The number of methoxy groups -OCH3 is 1. The van der Waals surface area contributed by atoms with Gasteiger partial charge in [-0.15, -0.1) is 0 Å². The number of H-pyrrole nitrogens is 1. The number of imidazole rings is 1. The summed E-state index contributed by atoms with van der Waals surface area (Å²) in [5.74, 6) is 0.530. The number of aromatic amines is 1. The number of nitrogens with zero attached hydrogens (tertiary/aromatic N) is 2. The predicted molar refractivity (Wildman–Crippen MR) is 90.5 cm³/mol. The van der Waals surface area contributed by atoms with Crippen LogP contribution in [0.5, 0.6) is 5.88 Å². The molecule has 0 aliphatic carbocycles. The van der Waals surface area contributed by atoms with E-state index in [1.54, 1.807) is 13.2 Å². The summed E-state index contributed by atoms with van der Waals surface area (Å²) in [4.78, 5) is 7.55. The van der Waals surface area contributed by atoms with Gasteiger partial charge in [-0.3, -0.25) is 4.57 Å². The van der Waals surface area contributed by atoms with E-state index in [4.69, 9.17) is 28.6 Å². The molecule has 3 rings (SSSR count). The van der Waals surface area contributed by atoms with Crippen molar-refractivity contribution >= 4 is 57.6 Å². The van der Waals surface area contributed by atoms with Crippen LogP contribution in [0.3, 0.4) is 0 Å². The van der Waals surface area contributed by atoms with Crippen molar-refractivity contribution in [2.24, 2.45) is 0 Å². The number of hydrogen-bond acceptors (Lipinski definition) is 3. The summed E-state index contributed by atoms with van der Waals surface area (Å²) in [5, 5.41) is 0.624. The molecule has 0 unspecified atom stereocenters. The number of ether oxygens (including phenoxy) is 1. The van der Waals surface area contributed by atoms with Gasteiger partial charge in [-0.05, 0) is 59.1 Å². The van der Waals surface area contributed by atoms with Crippen molar-refractivity contribution in [3.8, 4) is 11.6 Å². The maximum absolute atomic E-state index is 6.32. The van der Waals surface area contributed by atoms with E-state index in [9.17, 15) is 0 Å². The van der Waals surface area contributed by atoms with Crippen molar-refractivity contribution in [3.63, 3.8) is 0 Å². The van der Waals surface area contributed by atoms with Gasteiger partial charge < -0.3 is 9.72 Å². The zero-order valence-electron chi connectivity index (χ0n) is 10.4. The Kier molecular flexibility index (Phi) is 3.70. The number of rotatable bonds is 2. The number of pyridine rings is 1. The maximum atomic E-state index is 6.32. The lowest BCUT2D eigenvalue weighted by molar-refractivity contribution is 0.399. The molecule has 0 amide bonds. The van der Waals surface area contributed by atoms with Crippen LogP contribution in [0.25, 0.3) is 16.9 Å². The first-order valence-corrected chi connectivity index (χ1v) is 7.58. The Labute approximate surface area is 138 Å². The Bertz CT molecular complexity index is 858. The minimum atomic E-state index is 0.530. The van der Waals surface area contributed by atoms with Crippen molar-refractivity contribution in [2.45, 2.75) is 0 Å². The number of hydrogen-bond donors (Lipinski definition) is 1. The third-order valence-electron chi connectivity index (χ3n) is 2.87. The fraction of sp³-hybridized carbons (Fsp3) is 0.0769. The second-order valence-corrected chi connectivity index (χ2v) is 6.13. The third kappa shape index (κ3) is 2.32. The van der Waals surface area contributed by atoms with E-state index in [0.717, 1.165) is 14.8 Å². The normalized spacial score (nSPS) is 10.9. The first kappa shape index (κ1) is 13.8. The Morgan fingerprint density at radius 1 is 1.35 bits per heavy atom. The van der Waals surface area contributed by atoms with Gasteiger partial charge in [0.05, 0.1) is 23.3 Å². The molecule has 1 N–H and O–H groups in total. The molecule has 20 heavy (non-hydrogen) atoms. The molecule has 102 valence electrons. The molecule has 3 aromatic rings. The quantitative estimate of drug-likeness (QED) is 0.498.